The van der Waals surface area contributed by atoms with E-state index in [0.29, 0.717) is 5.15 Å². The Balaban J connectivity index is 2.57. The lowest BCUT2D eigenvalue weighted by Gasteiger charge is -2.09. The highest BCUT2D eigenvalue weighted by Gasteiger charge is 2.06. The fourth-order valence-corrected chi connectivity index (χ4v) is 1.76. The van der Waals surface area contributed by atoms with E-state index in [-0.39, 0.29) is 12.6 Å². The number of nitrogens with two attached hydrogens (primary N) is 1. The van der Waals surface area contributed by atoms with E-state index in [4.69, 9.17) is 22.4 Å². The quantitative estimate of drug-likeness (QED) is 0.786. The number of fused-ring (bicyclic) bond motifs is 1. The van der Waals surface area contributed by atoms with E-state index in [1.165, 1.54) is 0 Å². The lowest BCUT2D eigenvalue weighted by molar-refractivity contribution is 0.268. The topological polar surface area (TPSA) is 59.1 Å². The van der Waals surface area contributed by atoms with Gasteiger partial charge in [0.2, 0.25) is 0 Å². The van der Waals surface area contributed by atoms with Gasteiger partial charge in [-0.2, -0.15) is 0 Å². The summed E-state index contributed by atoms with van der Waals surface area (Å²) in [5.41, 5.74) is 8.43. The average Bonchev–Trinajstić information content (AvgIpc) is 2.29. The molecule has 1 unspecified atom stereocenters. The molecule has 4 heteroatoms. The first-order valence-electron chi connectivity index (χ1n) is 5.05. The standard InChI is InChI=1S/C12H13ClN2O/c1-7-4-9-5-8(10(14)6-16)2-3-11(9)15-12(7)13/h2-5,10,16H,6,14H2,1H3. The predicted molar refractivity (Wildman–Crippen MR) is 65.5 cm³/mol. The Morgan fingerprint density at radius 2 is 2.19 bits per heavy atom. The van der Waals surface area contributed by atoms with Crippen molar-refractivity contribution in [3.05, 3.63) is 40.5 Å². The summed E-state index contributed by atoms with van der Waals surface area (Å²) in [6.07, 6.45) is 0. The van der Waals surface area contributed by atoms with E-state index in [2.05, 4.69) is 4.98 Å². The van der Waals surface area contributed by atoms with Gasteiger partial charge in [-0.3, -0.25) is 0 Å². The molecule has 0 bridgehead atoms. The average molecular weight is 237 g/mol. The molecular weight excluding hydrogens is 224 g/mol. The smallest absolute Gasteiger partial charge is 0.132 e. The van der Waals surface area contributed by atoms with Crippen molar-refractivity contribution in [2.24, 2.45) is 5.73 Å². The van der Waals surface area contributed by atoms with Gasteiger partial charge in [0, 0.05) is 5.39 Å². The first-order valence-corrected chi connectivity index (χ1v) is 5.43. The largest absolute Gasteiger partial charge is 0.394 e. The van der Waals surface area contributed by atoms with Crippen molar-refractivity contribution in [2.45, 2.75) is 13.0 Å². The van der Waals surface area contributed by atoms with Crippen molar-refractivity contribution in [1.82, 2.24) is 4.98 Å². The molecule has 0 amide bonds. The zero-order valence-corrected chi connectivity index (χ0v) is 9.70. The molecular formula is C12H13ClN2O. The van der Waals surface area contributed by atoms with Crippen LogP contribution in [0.1, 0.15) is 17.2 Å². The minimum atomic E-state index is -0.347. The van der Waals surface area contributed by atoms with Gasteiger partial charge in [-0.05, 0) is 36.2 Å². The molecule has 0 aliphatic rings. The van der Waals surface area contributed by atoms with Gasteiger partial charge in [0.25, 0.3) is 0 Å². The van der Waals surface area contributed by atoms with Crippen molar-refractivity contribution in [2.75, 3.05) is 6.61 Å². The first kappa shape index (κ1) is 11.3. The first-order chi connectivity index (χ1) is 7.61. The van der Waals surface area contributed by atoms with Crippen molar-refractivity contribution >= 4 is 22.5 Å². The second kappa shape index (κ2) is 4.37. The molecule has 0 radical (unpaired) electrons. The number of hydrogen-bond donors (Lipinski definition) is 2. The Kier molecular flexibility index (Phi) is 3.10. The van der Waals surface area contributed by atoms with Crippen LogP contribution in [0.4, 0.5) is 0 Å². The maximum atomic E-state index is 9.00. The maximum Gasteiger partial charge on any atom is 0.132 e. The van der Waals surface area contributed by atoms with Crippen LogP contribution in [0.15, 0.2) is 24.3 Å². The summed E-state index contributed by atoms with van der Waals surface area (Å²) in [4.78, 5) is 4.26. The molecule has 0 aliphatic carbocycles. The molecule has 0 saturated heterocycles. The molecule has 3 N–H and O–H groups in total. The van der Waals surface area contributed by atoms with E-state index >= 15 is 0 Å². The van der Waals surface area contributed by atoms with Crippen LogP contribution in [-0.2, 0) is 0 Å². The van der Waals surface area contributed by atoms with Crippen molar-refractivity contribution in [3.63, 3.8) is 0 Å². The lowest BCUT2D eigenvalue weighted by atomic mass is 10.0. The number of rotatable bonds is 2. The number of aliphatic hydroxyl groups excluding tert-OH is 1. The van der Waals surface area contributed by atoms with Crippen LogP contribution in [0.3, 0.4) is 0 Å². The summed E-state index contributed by atoms with van der Waals surface area (Å²) in [5.74, 6) is 0. The van der Waals surface area contributed by atoms with Gasteiger partial charge in [-0.25, -0.2) is 4.98 Å². The fourth-order valence-electron chi connectivity index (χ4n) is 1.61. The zero-order chi connectivity index (χ0) is 11.7. The molecule has 0 fully saturated rings. The second-order valence-electron chi connectivity index (χ2n) is 3.84. The maximum absolute atomic E-state index is 9.00. The zero-order valence-electron chi connectivity index (χ0n) is 8.94. The van der Waals surface area contributed by atoms with Crippen molar-refractivity contribution < 1.29 is 5.11 Å². The summed E-state index contributed by atoms with van der Waals surface area (Å²) in [7, 11) is 0. The van der Waals surface area contributed by atoms with Crippen LogP contribution < -0.4 is 5.73 Å². The van der Waals surface area contributed by atoms with Gasteiger partial charge in [-0.1, -0.05) is 17.7 Å². The molecule has 0 aliphatic heterocycles. The predicted octanol–water partition coefficient (Wildman–Crippen LogP) is 2.19. The Bertz CT molecular complexity index is 528. The summed E-state index contributed by atoms with van der Waals surface area (Å²) in [5, 5.41) is 10.5. The van der Waals surface area contributed by atoms with Crippen LogP contribution in [-0.4, -0.2) is 16.7 Å². The monoisotopic (exact) mass is 236 g/mol. The van der Waals surface area contributed by atoms with Crippen LogP contribution in [0.5, 0.6) is 0 Å². The highest BCUT2D eigenvalue weighted by atomic mass is 35.5. The summed E-state index contributed by atoms with van der Waals surface area (Å²) >= 11 is 5.94. The van der Waals surface area contributed by atoms with E-state index in [0.717, 1.165) is 22.0 Å². The van der Waals surface area contributed by atoms with E-state index in [1.54, 1.807) is 0 Å². The van der Waals surface area contributed by atoms with E-state index < -0.39 is 0 Å². The summed E-state index contributed by atoms with van der Waals surface area (Å²) in [6, 6.07) is 7.29. The molecule has 1 atom stereocenters. The third kappa shape index (κ3) is 2.02. The second-order valence-corrected chi connectivity index (χ2v) is 4.20. The van der Waals surface area contributed by atoms with Gasteiger partial charge in [0.1, 0.15) is 5.15 Å². The van der Waals surface area contributed by atoms with Crippen LogP contribution in [0, 0.1) is 6.92 Å². The Labute approximate surface area is 98.9 Å². The van der Waals surface area contributed by atoms with E-state index in [9.17, 15) is 0 Å². The molecule has 3 nitrogen and oxygen atoms in total. The van der Waals surface area contributed by atoms with Gasteiger partial charge >= 0.3 is 0 Å². The van der Waals surface area contributed by atoms with Gasteiger partial charge < -0.3 is 10.8 Å². The fraction of sp³-hybridized carbons (Fsp3) is 0.250. The molecule has 0 spiro atoms. The van der Waals surface area contributed by atoms with Crippen LogP contribution in [0.2, 0.25) is 5.15 Å². The number of aryl methyl sites for hydroxylation is 1. The van der Waals surface area contributed by atoms with E-state index in [1.807, 2.05) is 31.2 Å². The minimum Gasteiger partial charge on any atom is -0.394 e. The highest BCUT2D eigenvalue weighted by Crippen LogP contribution is 2.22. The summed E-state index contributed by atoms with van der Waals surface area (Å²) < 4.78 is 0. The normalized spacial score (nSPS) is 13.0. The molecule has 1 heterocycles. The van der Waals surface area contributed by atoms with Crippen LogP contribution in [0.25, 0.3) is 10.9 Å². The SMILES string of the molecule is Cc1cc2cc(C(N)CO)ccc2nc1Cl. The number of hydrogen-bond acceptors (Lipinski definition) is 3. The molecule has 84 valence electrons. The number of pyridine rings is 1. The number of aromatic nitrogens is 1. The Hall–Kier alpha value is -1.16. The Morgan fingerprint density at radius 3 is 2.88 bits per heavy atom. The molecule has 2 aromatic rings. The molecule has 1 aromatic heterocycles. The molecule has 1 aromatic carbocycles. The van der Waals surface area contributed by atoms with Crippen LogP contribution >= 0.6 is 11.6 Å². The molecule has 2 rings (SSSR count). The minimum absolute atomic E-state index is 0.0640. The van der Waals surface area contributed by atoms with Gasteiger partial charge in [-0.15, -0.1) is 0 Å². The number of halogens is 1. The van der Waals surface area contributed by atoms with Crippen molar-refractivity contribution in [3.8, 4) is 0 Å². The Morgan fingerprint density at radius 1 is 1.44 bits per heavy atom. The highest BCUT2D eigenvalue weighted by molar-refractivity contribution is 6.30. The third-order valence-electron chi connectivity index (χ3n) is 2.59. The summed E-state index contributed by atoms with van der Waals surface area (Å²) in [6.45, 7) is 1.85. The number of nitrogens with zero attached hydrogens (tertiary/aromatic N) is 1. The van der Waals surface area contributed by atoms with Gasteiger partial charge in [0.05, 0.1) is 18.2 Å². The number of benzene rings is 1. The molecule has 16 heavy (non-hydrogen) atoms. The van der Waals surface area contributed by atoms with Gasteiger partial charge in [0.15, 0.2) is 0 Å². The number of aliphatic hydroxyl groups is 1. The third-order valence-corrected chi connectivity index (χ3v) is 2.98. The molecule has 0 saturated carbocycles. The van der Waals surface area contributed by atoms with Crippen molar-refractivity contribution in [1.29, 1.82) is 0 Å². The lowest BCUT2D eigenvalue weighted by Crippen LogP contribution is -2.14.